The van der Waals surface area contributed by atoms with Gasteiger partial charge in [-0.05, 0) is 49.9 Å². The van der Waals surface area contributed by atoms with Crippen LogP contribution in [-0.4, -0.2) is 33.5 Å². The van der Waals surface area contributed by atoms with Crippen LogP contribution in [0.25, 0.3) is 5.69 Å². The first-order chi connectivity index (χ1) is 10.2. The van der Waals surface area contributed by atoms with Crippen molar-refractivity contribution in [1.29, 1.82) is 0 Å². The predicted octanol–water partition coefficient (Wildman–Crippen LogP) is 1.59. The van der Waals surface area contributed by atoms with Gasteiger partial charge in [0.2, 0.25) is 5.91 Å². The normalized spacial score (nSPS) is 15.5. The second-order valence-electron chi connectivity index (χ2n) is 5.41. The van der Waals surface area contributed by atoms with Gasteiger partial charge in [-0.2, -0.15) is 15.0 Å². The first-order valence-corrected chi connectivity index (χ1v) is 7.22. The second-order valence-corrected chi connectivity index (χ2v) is 5.41. The van der Waals surface area contributed by atoms with Crippen molar-refractivity contribution in [3.63, 3.8) is 0 Å². The number of nitrogens with zero attached hydrogens (tertiary/aromatic N) is 3. The molecule has 1 heterocycles. The van der Waals surface area contributed by atoms with E-state index in [-0.39, 0.29) is 18.5 Å². The van der Waals surface area contributed by atoms with E-state index in [1.54, 1.807) is 17.2 Å². The molecule has 0 aliphatic heterocycles. The minimum absolute atomic E-state index is 0.0345. The summed E-state index contributed by atoms with van der Waals surface area (Å²) in [6, 6.07) is 7.93. The van der Waals surface area contributed by atoms with Gasteiger partial charge >= 0.3 is 0 Å². The van der Waals surface area contributed by atoms with Gasteiger partial charge in [-0.1, -0.05) is 0 Å². The molecule has 0 spiro atoms. The van der Waals surface area contributed by atoms with Crippen LogP contribution in [-0.2, 0) is 4.79 Å². The average molecular weight is 285 g/mol. The van der Waals surface area contributed by atoms with Crippen molar-refractivity contribution >= 4 is 11.6 Å². The van der Waals surface area contributed by atoms with Crippen molar-refractivity contribution in [2.24, 2.45) is 5.92 Å². The van der Waals surface area contributed by atoms with Crippen LogP contribution < -0.4 is 10.6 Å². The maximum absolute atomic E-state index is 11.8. The van der Waals surface area contributed by atoms with E-state index in [1.807, 2.05) is 24.3 Å². The van der Waals surface area contributed by atoms with Crippen LogP contribution in [0.3, 0.4) is 0 Å². The van der Waals surface area contributed by atoms with Crippen LogP contribution in [0.2, 0.25) is 0 Å². The molecule has 0 bridgehead atoms. The summed E-state index contributed by atoms with van der Waals surface area (Å²) in [5.74, 6) is 0.710. The smallest absolute Gasteiger partial charge is 0.239 e. The van der Waals surface area contributed by atoms with Crippen molar-refractivity contribution in [3.05, 3.63) is 36.7 Å². The van der Waals surface area contributed by atoms with E-state index in [1.165, 1.54) is 12.8 Å². The van der Waals surface area contributed by atoms with Crippen LogP contribution >= 0.6 is 0 Å². The van der Waals surface area contributed by atoms with Gasteiger partial charge in [0.1, 0.15) is 0 Å². The van der Waals surface area contributed by atoms with Crippen LogP contribution in [0.1, 0.15) is 19.8 Å². The monoisotopic (exact) mass is 285 g/mol. The first-order valence-electron chi connectivity index (χ1n) is 7.22. The Bertz CT molecular complexity index is 589. The van der Waals surface area contributed by atoms with Gasteiger partial charge in [-0.15, -0.1) is 0 Å². The highest BCUT2D eigenvalue weighted by atomic mass is 16.1. The molecule has 0 unspecified atom stereocenters. The lowest BCUT2D eigenvalue weighted by molar-refractivity contribution is -0.120. The third-order valence-corrected chi connectivity index (χ3v) is 3.69. The van der Waals surface area contributed by atoms with Gasteiger partial charge in [0, 0.05) is 11.7 Å². The molecule has 1 aliphatic carbocycles. The Labute approximate surface area is 123 Å². The van der Waals surface area contributed by atoms with E-state index < -0.39 is 0 Å². The molecule has 1 amide bonds. The Balaban J connectivity index is 1.50. The van der Waals surface area contributed by atoms with Gasteiger partial charge in [-0.3, -0.25) is 4.79 Å². The number of rotatable bonds is 6. The number of amides is 1. The molecular weight excluding hydrogens is 266 g/mol. The number of nitrogens with one attached hydrogen (secondary N) is 2. The number of hydrogen-bond acceptors (Lipinski definition) is 4. The summed E-state index contributed by atoms with van der Waals surface area (Å²) >= 11 is 0. The number of carbonyl (C=O) groups is 1. The third kappa shape index (κ3) is 3.59. The topological polar surface area (TPSA) is 71.8 Å². The summed E-state index contributed by atoms with van der Waals surface area (Å²) in [5, 5.41) is 14.3. The van der Waals surface area contributed by atoms with E-state index >= 15 is 0 Å². The van der Waals surface area contributed by atoms with Crippen LogP contribution in [0.4, 0.5) is 5.69 Å². The summed E-state index contributed by atoms with van der Waals surface area (Å²) in [4.78, 5) is 13.4. The molecule has 0 radical (unpaired) electrons. The maximum atomic E-state index is 11.8. The van der Waals surface area contributed by atoms with Gasteiger partial charge in [0.05, 0.1) is 24.6 Å². The van der Waals surface area contributed by atoms with Crippen LogP contribution in [0.15, 0.2) is 36.7 Å². The Hall–Kier alpha value is -2.37. The predicted molar refractivity (Wildman–Crippen MR) is 80.2 cm³/mol. The number of benzene rings is 1. The molecular formula is C15H19N5O. The molecule has 6 nitrogen and oxygen atoms in total. The summed E-state index contributed by atoms with van der Waals surface area (Å²) in [7, 11) is 0. The van der Waals surface area contributed by atoms with Crippen LogP contribution in [0.5, 0.6) is 0 Å². The lowest BCUT2D eigenvalue weighted by atomic mass is 10.2. The average Bonchev–Trinajstić information content (AvgIpc) is 3.21. The minimum Gasteiger partial charge on any atom is -0.376 e. The van der Waals surface area contributed by atoms with E-state index in [0.29, 0.717) is 5.92 Å². The fourth-order valence-corrected chi connectivity index (χ4v) is 2.26. The molecule has 1 aromatic carbocycles. The highest BCUT2D eigenvalue weighted by Crippen LogP contribution is 2.32. The lowest BCUT2D eigenvalue weighted by Gasteiger charge is -2.13. The molecule has 1 aliphatic rings. The number of anilines is 1. The summed E-state index contributed by atoms with van der Waals surface area (Å²) < 4.78 is 0. The number of hydrogen-bond donors (Lipinski definition) is 2. The van der Waals surface area contributed by atoms with E-state index in [2.05, 4.69) is 27.8 Å². The fourth-order valence-electron chi connectivity index (χ4n) is 2.26. The molecule has 1 aromatic heterocycles. The molecule has 6 heteroatoms. The van der Waals surface area contributed by atoms with E-state index in [4.69, 9.17) is 0 Å². The zero-order valence-electron chi connectivity index (χ0n) is 12.0. The third-order valence-electron chi connectivity index (χ3n) is 3.69. The largest absolute Gasteiger partial charge is 0.376 e. The Morgan fingerprint density at radius 1 is 1.29 bits per heavy atom. The molecule has 0 saturated heterocycles. The van der Waals surface area contributed by atoms with Crippen molar-refractivity contribution in [1.82, 2.24) is 20.3 Å². The van der Waals surface area contributed by atoms with Crippen molar-refractivity contribution in [3.8, 4) is 5.69 Å². The molecule has 1 fully saturated rings. The quantitative estimate of drug-likeness (QED) is 0.845. The summed E-state index contributed by atoms with van der Waals surface area (Å²) in [6.45, 7) is 2.36. The molecule has 110 valence electrons. The van der Waals surface area contributed by atoms with Crippen molar-refractivity contribution in [2.45, 2.75) is 25.8 Å². The Morgan fingerprint density at radius 3 is 2.57 bits per heavy atom. The fraction of sp³-hybridized carbons (Fsp3) is 0.400. The molecule has 1 atom stereocenters. The number of carbonyl (C=O) groups excluding carboxylic acids is 1. The highest BCUT2D eigenvalue weighted by Gasteiger charge is 2.28. The van der Waals surface area contributed by atoms with E-state index in [0.717, 1.165) is 11.4 Å². The first kappa shape index (κ1) is 13.6. The molecule has 21 heavy (non-hydrogen) atoms. The summed E-state index contributed by atoms with van der Waals surface area (Å²) in [5.41, 5.74) is 1.79. The highest BCUT2D eigenvalue weighted by molar-refractivity contribution is 5.81. The van der Waals surface area contributed by atoms with Crippen LogP contribution in [0, 0.1) is 5.92 Å². The molecule has 2 N–H and O–H groups in total. The van der Waals surface area contributed by atoms with Crippen molar-refractivity contribution < 1.29 is 4.79 Å². The zero-order chi connectivity index (χ0) is 14.7. The van der Waals surface area contributed by atoms with Crippen molar-refractivity contribution in [2.75, 3.05) is 11.9 Å². The Morgan fingerprint density at radius 2 is 1.95 bits per heavy atom. The molecule has 3 rings (SSSR count). The van der Waals surface area contributed by atoms with Gasteiger partial charge in [-0.25, -0.2) is 0 Å². The lowest BCUT2D eigenvalue weighted by Crippen LogP contribution is -2.37. The SMILES string of the molecule is C[C@H](NC(=O)CNc1ccc(-n2nccn2)cc1)C1CC1. The number of aromatic nitrogens is 3. The van der Waals surface area contributed by atoms with Gasteiger partial charge in [0.15, 0.2) is 0 Å². The summed E-state index contributed by atoms with van der Waals surface area (Å²) in [6.07, 6.45) is 5.74. The van der Waals surface area contributed by atoms with Gasteiger partial charge in [0.25, 0.3) is 0 Å². The standard InChI is InChI=1S/C15H19N5O/c1-11(12-2-3-12)19-15(21)10-16-13-4-6-14(7-5-13)20-17-8-9-18-20/h4-9,11-12,16H,2-3,10H2,1H3,(H,19,21)/t11-/m0/s1. The van der Waals surface area contributed by atoms with Gasteiger partial charge < -0.3 is 10.6 Å². The maximum Gasteiger partial charge on any atom is 0.239 e. The minimum atomic E-state index is 0.0345. The molecule has 2 aromatic rings. The molecule has 1 saturated carbocycles. The second kappa shape index (κ2) is 5.95. The zero-order valence-corrected chi connectivity index (χ0v) is 12.0. The van der Waals surface area contributed by atoms with E-state index in [9.17, 15) is 4.79 Å². The Kier molecular flexibility index (Phi) is 3.85.